The van der Waals surface area contributed by atoms with Crippen LogP contribution < -0.4 is 10.0 Å². The minimum atomic E-state index is -3.71. The van der Waals surface area contributed by atoms with Gasteiger partial charge in [-0.25, -0.2) is 13.1 Å². The number of ketones is 1. The molecule has 1 amide bonds. The smallest absolute Gasteiger partial charge is 0.251 e. The zero-order valence-corrected chi connectivity index (χ0v) is 18.9. The van der Waals surface area contributed by atoms with E-state index in [4.69, 9.17) is 0 Å². The molecule has 8 heteroatoms. The number of sulfonamides is 1. The highest BCUT2D eigenvalue weighted by molar-refractivity contribution is 7.89. The van der Waals surface area contributed by atoms with Crippen LogP contribution in [0.4, 0.5) is 0 Å². The second kappa shape index (κ2) is 10.00. The summed E-state index contributed by atoms with van der Waals surface area (Å²) in [4.78, 5) is 25.1. The molecule has 0 fully saturated rings. The molecule has 3 rings (SSSR count). The number of Topliss-reactive ketones (excluding diaryl/α,β-unsaturated/α-hetero) is 1. The molecule has 31 heavy (non-hydrogen) atoms. The zero-order valence-electron chi connectivity index (χ0n) is 17.3. The van der Waals surface area contributed by atoms with E-state index in [1.54, 1.807) is 35.6 Å². The van der Waals surface area contributed by atoms with Gasteiger partial charge in [-0.1, -0.05) is 37.3 Å². The molecular formula is C23H24N2O4S2. The molecule has 0 spiro atoms. The summed E-state index contributed by atoms with van der Waals surface area (Å²) in [6.07, 6.45) is 0.791. The van der Waals surface area contributed by atoms with Gasteiger partial charge < -0.3 is 5.32 Å². The predicted octanol–water partition coefficient (Wildman–Crippen LogP) is 4.31. The Hall–Kier alpha value is -2.81. The maximum Gasteiger partial charge on any atom is 0.251 e. The van der Waals surface area contributed by atoms with Crippen molar-refractivity contribution in [1.82, 2.24) is 10.0 Å². The number of carbonyl (C=O) groups excluding carboxylic acids is 2. The van der Waals surface area contributed by atoms with Crippen LogP contribution in [0.1, 0.15) is 57.5 Å². The first kappa shape index (κ1) is 22.9. The number of rotatable bonds is 9. The Morgan fingerprint density at radius 3 is 2.16 bits per heavy atom. The van der Waals surface area contributed by atoms with Crippen LogP contribution in [0.3, 0.4) is 0 Å². The third-order valence-corrected chi connectivity index (χ3v) is 7.26. The highest BCUT2D eigenvalue weighted by Crippen LogP contribution is 2.22. The Morgan fingerprint density at radius 1 is 0.968 bits per heavy atom. The Bertz CT molecular complexity index is 1140. The van der Waals surface area contributed by atoms with Gasteiger partial charge in [-0.05, 0) is 54.6 Å². The van der Waals surface area contributed by atoms with Crippen molar-refractivity contribution in [2.75, 3.05) is 0 Å². The molecule has 0 aliphatic heterocycles. The molecule has 1 unspecified atom stereocenters. The second-order valence-corrected chi connectivity index (χ2v) is 9.80. The average Bonchev–Trinajstić information content (AvgIpc) is 3.31. The van der Waals surface area contributed by atoms with Gasteiger partial charge in [0.15, 0.2) is 5.78 Å². The van der Waals surface area contributed by atoms with Crippen molar-refractivity contribution in [2.24, 2.45) is 0 Å². The molecule has 0 saturated carbocycles. The third-order valence-electron chi connectivity index (χ3n) is 4.85. The minimum absolute atomic E-state index is 0.0339. The fraction of sp³-hybridized carbons (Fsp3) is 0.217. The van der Waals surface area contributed by atoms with Crippen LogP contribution in [-0.4, -0.2) is 20.1 Å². The second-order valence-electron chi connectivity index (χ2n) is 7.05. The summed E-state index contributed by atoms with van der Waals surface area (Å²) >= 11 is 1.61. The summed E-state index contributed by atoms with van der Waals surface area (Å²) in [5.74, 6) is -0.292. The average molecular weight is 457 g/mol. The maximum absolute atomic E-state index is 12.6. The number of nitrogens with one attached hydrogen (secondary N) is 2. The molecule has 1 aromatic heterocycles. The van der Waals surface area contributed by atoms with Gasteiger partial charge in [-0.3, -0.25) is 9.59 Å². The van der Waals surface area contributed by atoms with Gasteiger partial charge in [0.25, 0.3) is 5.91 Å². The standard InChI is InChI=1S/C23H24N2O4S2/c1-3-21(22-5-4-14-30-22)25-23(27)19-8-6-17(7-9-19)15-24-31(28,29)20-12-10-18(11-13-20)16(2)26/h4-14,21,24H,3,15H2,1-2H3,(H,25,27). The van der Waals surface area contributed by atoms with Crippen LogP contribution in [0.5, 0.6) is 0 Å². The van der Waals surface area contributed by atoms with Gasteiger partial charge in [0.1, 0.15) is 0 Å². The summed E-state index contributed by atoms with van der Waals surface area (Å²) in [7, 11) is -3.71. The lowest BCUT2D eigenvalue weighted by Crippen LogP contribution is -2.27. The van der Waals surface area contributed by atoms with Crippen molar-refractivity contribution < 1.29 is 18.0 Å². The molecule has 0 aliphatic carbocycles. The number of thiophene rings is 1. The third kappa shape index (κ3) is 5.88. The summed E-state index contributed by atoms with van der Waals surface area (Å²) in [6, 6.07) is 16.5. The molecule has 0 aliphatic rings. The molecule has 0 saturated heterocycles. The summed E-state index contributed by atoms with van der Waals surface area (Å²) in [6.45, 7) is 3.54. The number of amides is 1. The number of hydrogen-bond acceptors (Lipinski definition) is 5. The van der Waals surface area contributed by atoms with Crippen LogP contribution in [0.15, 0.2) is 70.9 Å². The summed E-state index contributed by atoms with van der Waals surface area (Å²) in [5, 5.41) is 5.01. The number of hydrogen-bond donors (Lipinski definition) is 2. The SMILES string of the molecule is CCC(NC(=O)c1ccc(CNS(=O)(=O)c2ccc(C(C)=O)cc2)cc1)c1cccs1. The van der Waals surface area contributed by atoms with E-state index in [2.05, 4.69) is 10.0 Å². The van der Waals surface area contributed by atoms with Crippen molar-refractivity contribution in [1.29, 1.82) is 0 Å². The first-order valence-corrected chi connectivity index (χ1v) is 12.2. The van der Waals surface area contributed by atoms with Gasteiger partial charge in [-0.2, -0.15) is 0 Å². The first-order chi connectivity index (χ1) is 14.8. The molecule has 1 atom stereocenters. The summed E-state index contributed by atoms with van der Waals surface area (Å²) in [5.41, 5.74) is 1.70. The van der Waals surface area contributed by atoms with Crippen molar-refractivity contribution in [3.8, 4) is 0 Å². The predicted molar refractivity (Wildman–Crippen MR) is 122 cm³/mol. The summed E-state index contributed by atoms with van der Waals surface area (Å²) < 4.78 is 27.5. The lowest BCUT2D eigenvalue weighted by atomic mass is 10.1. The fourth-order valence-electron chi connectivity index (χ4n) is 3.01. The van der Waals surface area contributed by atoms with Crippen LogP contribution in [0.2, 0.25) is 0 Å². The fourth-order valence-corrected chi connectivity index (χ4v) is 4.89. The maximum atomic E-state index is 12.6. The lowest BCUT2D eigenvalue weighted by Gasteiger charge is -2.15. The largest absolute Gasteiger partial charge is 0.344 e. The highest BCUT2D eigenvalue weighted by atomic mass is 32.2. The molecule has 1 heterocycles. The zero-order chi connectivity index (χ0) is 22.4. The number of benzene rings is 2. The molecule has 0 bridgehead atoms. The van der Waals surface area contributed by atoms with E-state index in [-0.39, 0.29) is 29.2 Å². The Labute approximate surface area is 186 Å². The van der Waals surface area contributed by atoms with Crippen LogP contribution in [0, 0.1) is 0 Å². The molecule has 162 valence electrons. The van der Waals surface area contributed by atoms with E-state index in [1.165, 1.54) is 31.2 Å². The minimum Gasteiger partial charge on any atom is -0.344 e. The van der Waals surface area contributed by atoms with Gasteiger partial charge in [0, 0.05) is 22.5 Å². The Morgan fingerprint density at radius 2 is 1.61 bits per heavy atom. The molecule has 2 aromatic carbocycles. The van der Waals surface area contributed by atoms with Crippen molar-refractivity contribution in [3.63, 3.8) is 0 Å². The molecule has 3 aromatic rings. The van der Waals surface area contributed by atoms with E-state index in [0.717, 1.165) is 16.9 Å². The van der Waals surface area contributed by atoms with Crippen LogP contribution in [0.25, 0.3) is 0 Å². The van der Waals surface area contributed by atoms with Gasteiger partial charge in [0.05, 0.1) is 10.9 Å². The monoisotopic (exact) mass is 456 g/mol. The molecule has 0 radical (unpaired) electrons. The van der Waals surface area contributed by atoms with Gasteiger partial charge in [0.2, 0.25) is 10.0 Å². The quantitative estimate of drug-likeness (QED) is 0.469. The van der Waals surface area contributed by atoms with Crippen LogP contribution in [-0.2, 0) is 16.6 Å². The van der Waals surface area contributed by atoms with Gasteiger partial charge in [-0.15, -0.1) is 11.3 Å². The van der Waals surface area contributed by atoms with Crippen molar-refractivity contribution in [2.45, 2.75) is 37.8 Å². The van der Waals surface area contributed by atoms with E-state index in [1.807, 2.05) is 24.4 Å². The highest BCUT2D eigenvalue weighted by Gasteiger charge is 2.16. The normalized spacial score (nSPS) is 12.3. The number of carbonyl (C=O) groups is 2. The van der Waals surface area contributed by atoms with E-state index in [0.29, 0.717) is 11.1 Å². The lowest BCUT2D eigenvalue weighted by molar-refractivity contribution is 0.0935. The van der Waals surface area contributed by atoms with Crippen LogP contribution >= 0.6 is 11.3 Å². The first-order valence-electron chi connectivity index (χ1n) is 9.84. The molecular weight excluding hydrogens is 432 g/mol. The Balaban J connectivity index is 1.61. The molecule has 6 nitrogen and oxygen atoms in total. The van der Waals surface area contributed by atoms with E-state index >= 15 is 0 Å². The van der Waals surface area contributed by atoms with Crippen molar-refractivity contribution in [3.05, 3.63) is 87.6 Å². The van der Waals surface area contributed by atoms with Gasteiger partial charge >= 0.3 is 0 Å². The van der Waals surface area contributed by atoms with Crippen molar-refractivity contribution >= 4 is 33.1 Å². The molecule has 2 N–H and O–H groups in total. The topological polar surface area (TPSA) is 92.3 Å². The Kier molecular flexibility index (Phi) is 7.37. The van der Waals surface area contributed by atoms with E-state index in [9.17, 15) is 18.0 Å². The van der Waals surface area contributed by atoms with E-state index < -0.39 is 10.0 Å².